The molecule has 2 rings (SSSR count). The second kappa shape index (κ2) is 5.51. The van der Waals surface area contributed by atoms with Crippen LogP contribution in [0.5, 0.6) is 0 Å². The molecular formula is C13H14IN3O. The van der Waals surface area contributed by atoms with E-state index in [1.807, 2.05) is 44.3 Å². The Hall–Kier alpha value is -1.37. The lowest BCUT2D eigenvalue weighted by atomic mass is 10.2. The van der Waals surface area contributed by atoms with Gasteiger partial charge in [0, 0.05) is 16.3 Å². The molecule has 1 aromatic heterocycles. The van der Waals surface area contributed by atoms with Gasteiger partial charge in [-0.25, -0.2) is 0 Å². The molecular weight excluding hydrogens is 341 g/mol. The van der Waals surface area contributed by atoms with Crippen molar-refractivity contribution in [3.63, 3.8) is 0 Å². The van der Waals surface area contributed by atoms with E-state index in [-0.39, 0.29) is 5.91 Å². The molecule has 0 aliphatic rings. The average Bonchev–Trinajstić information content (AvgIpc) is 2.66. The van der Waals surface area contributed by atoms with Gasteiger partial charge in [0.05, 0.1) is 17.8 Å². The molecule has 1 aromatic carbocycles. The predicted molar refractivity (Wildman–Crippen MR) is 78.3 cm³/mol. The Kier molecular flexibility index (Phi) is 4.00. The van der Waals surface area contributed by atoms with Crippen molar-refractivity contribution in [1.82, 2.24) is 15.1 Å². The summed E-state index contributed by atoms with van der Waals surface area (Å²) in [6, 6.07) is 9.49. The van der Waals surface area contributed by atoms with Crippen LogP contribution in [-0.2, 0) is 13.6 Å². The fourth-order valence-corrected chi connectivity index (χ4v) is 2.27. The third-order valence-corrected chi connectivity index (χ3v) is 3.65. The van der Waals surface area contributed by atoms with Gasteiger partial charge in [0.2, 0.25) is 0 Å². The smallest absolute Gasteiger partial charge is 0.252 e. The summed E-state index contributed by atoms with van der Waals surface area (Å²) in [7, 11) is 1.89. The number of nitrogens with zero attached hydrogens (tertiary/aromatic N) is 2. The molecule has 0 spiro atoms. The number of rotatable bonds is 3. The summed E-state index contributed by atoms with van der Waals surface area (Å²) in [5.41, 5.74) is 2.65. The van der Waals surface area contributed by atoms with Gasteiger partial charge in [-0.15, -0.1) is 0 Å². The second-order valence-electron chi connectivity index (χ2n) is 4.06. The first-order valence-electron chi connectivity index (χ1n) is 5.60. The van der Waals surface area contributed by atoms with Crippen molar-refractivity contribution in [2.75, 3.05) is 0 Å². The first-order valence-corrected chi connectivity index (χ1v) is 6.68. The summed E-state index contributed by atoms with van der Waals surface area (Å²) < 4.78 is 2.75. The summed E-state index contributed by atoms with van der Waals surface area (Å²) in [5.74, 6) is -0.0664. The molecule has 0 fully saturated rings. The van der Waals surface area contributed by atoms with Gasteiger partial charge in [-0.1, -0.05) is 12.1 Å². The van der Waals surface area contributed by atoms with E-state index in [0.29, 0.717) is 12.1 Å². The van der Waals surface area contributed by atoms with Crippen LogP contribution in [0.3, 0.4) is 0 Å². The number of hydrogen-bond donors (Lipinski definition) is 1. The first-order chi connectivity index (χ1) is 8.58. The lowest BCUT2D eigenvalue weighted by Gasteiger charge is -2.04. The molecule has 1 heterocycles. The Labute approximate surface area is 120 Å². The van der Waals surface area contributed by atoms with E-state index in [2.05, 4.69) is 33.0 Å². The Balaban J connectivity index is 2.03. The van der Waals surface area contributed by atoms with Crippen molar-refractivity contribution in [2.45, 2.75) is 13.5 Å². The van der Waals surface area contributed by atoms with Gasteiger partial charge in [0.15, 0.2) is 0 Å². The molecule has 0 unspecified atom stereocenters. The van der Waals surface area contributed by atoms with Gasteiger partial charge in [0.25, 0.3) is 5.91 Å². The van der Waals surface area contributed by atoms with E-state index in [9.17, 15) is 4.79 Å². The maximum Gasteiger partial charge on any atom is 0.252 e. The summed E-state index contributed by atoms with van der Waals surface area (Å²) >= 11 is 2.16. The van der Waals surface area contributed by atoms with Crippen LogP contribution in [-0.4, -0.2) is 15.7 Å². The average molecular weight is 355 g/mol. The van der Waals surface area contributed by atoms with E-state index >= 15 is 0 Å². The van der Waals surface area contributed by atoms with Gasteiger partial charge in [-0.3, -0.25) is 9.48 Å². The van der Waals surface area contributed by atoms with Crippen LogP contribution in [0.1, 0.15) is 21.7 Å². The molecule has 5 heteroatoms. The van der Waals surface area contributed by atoms with Crippen molar-refractivity contribution in [1.29, 1.82) is 0 Å². The number of carbonyl (C=O) groups excluding carboxylic acids is 1. The largest absolute Gasteiger partial charge is 0.346 e. The zero-order chi connectivity index (χ0) is 13.1. The number of nitrogens with one attached hydrogen (secondary N) is 1. The van der Waals surface area contributed by atoms with E-state index in [4.69, 9.17) is 0 Å². The van der Waals surface area contributed by atoms with E-state index in [1.54, 1.807) is 4.68 Å². The van der Waals surface area contributed by atoms with Crippen molar-refractivity contribution in [3.05, 3.63) is 50.9 Å². The molecule has 1 amide bonds. The number of halogens is 1. The lowest BCUT2D eigenvalue weighted by molar-refractivity contribution is 0.0949. The fourth-order valence-electron chi connectivity index (χ4n) is 1.63. The van der Waals surface area contributed by atoms with Crippen LogP contribution in [0.4, 0.5) is 0 Å². The Morgan fingerprint density at radius 2 is 2.17 bits per heavy atom. The summed E-state index contributed by atoms with van der Waals surface area (Å²) in [5, 5.41) is 7.18. The minimum Gasteiger partial charge on any atom is -0.346 e. The monoisotopic (exact) mass is 355 g/mol. The van der Waals surface area contributed by atoms with Gasteiger partial charge < -0.3 is 5.32 Å². The van der Waals surface area contributed by atoms with Crippen LogP contribution in [0.2, 0.25) is 0 Å². The van der Waals surface area contributed by atoms with Crippen molar-refractivity contribution in [3.8, 4) is 0 Å². The van der Waals surface area contributed by atoms with Crippen LogP contribution in [0.15, 0.2) is 30.3 Å². The Morgan fingerprint density at radius 3 is 2.78 bits per heavy atom. The molecule has 0 atom stereocenters. The Bertz CT molecular complexity index is 558. The maximum absolute atomic E-state index is 12.0. The predicted octanol–water partition coefficient (Wildman–Crippen LogP) is 2.26. The van der Waals surface area contributed by atoms with Crippen molar-refractivity contribution < 1.29 is 4.79 Å². The molecule has 0 aliphatic carbocycles. The molecule has 1 N–H and O–H groups in total. The molecule has 0 radical (unpaired) electrons. The SMILES string of the molecule is Cc1cc(CNC(=O)c2ccccc2I)nn1C. The highest BCUT2D eigenvalue weighted by atomic mass is 127. The molecule has 18 heavy (non-hydrogen) atoms. The van der Waals surface area contributed by atoms with Gasteiger partial charge >= 0.3 is 0 Å². The minimum atomic E-state index is -0.0664. The molecule has 94 valence electrons. The number of benzene rings is 1. The van der Waals surface area contributed by atoms with E-state index in [1.165, 1.54) is 0 Å². The lowest BCUT2D eigenvalue weighted by Crippen LogP contribution is -2.23. The molecule has 0 bridgehead atoms. The number of aromatic nitrogens is 2. The van der Waals surface area contributed by atoms with Crippen LogP contribution in [0, 0.1) is 10.5 Å². The maximum atomic E-state index is 12.0. The molecule has 2 aromatic rings. The number of hydrogen-bond acceptors (Lipinski definition) is 2. The summed E-state index contributed by atoms with van der Waals surface area (Å²) in [4.78, 5) is 12.0. The molecule has 4 nitrogen and oxygen atoms in total. The fraction of sp³-hybridized carbons (Fsp3) is 0.231. The topological polar surface area (TPSA) is 46.9 Å². The van der Waals surface area contributed by atoms with Crippen molar-refractivity contribution in [2.24, 2.45) is 7.05 Å². The summed E-state index contributed by atoms with van der Waals surface area (Å²) in [6.07, 6.45) is 0. The van der Waals surface area contributed by atoms with Crippen LogP contribution >= 0.6 is 22.6 Å². The van der Waals surface area contributed by atoms with Gasteiger partial charge in [0.1, 0.15) is 0 Å². The highest BCUT2D eigenvalue weighted by molar-refractivity contribution is 14.1. The normalized spacial score (nSPS) is 10.4. The highest BCUT2D eigenvalue weighted by Crippen LogP contribution is 2.11. The zero-order valence-electron chi connectivity index (χ0n) is 10.3. The third-order valence-electron chi connectivity index (χ3n) is 2.71. The molecule has 0 saturated carbocycles. The zero-order valence-corrected chi connectivity index (χ0v) is 12.4. The van der Waals surface area contributed by atoms with Crippen molar-refractivity contribution >= 4 is 28.5 Å². The quantitative estimate of drug-likeness (QED) is 0.859. The van der Waals surface area contributed by atoms with E-state index in [0.717, 1.165) is 15.0 Å². The standard InChI is InChI=1S/C13H14IN3O/c1-9-7-10(16-17(9)2)8-15-13(18)11-5-3-4-6-12(11)14/h3-7H,8H2,1-2H3,(H,15,18). The molecule has 0 aliphatic heterocycles. The number of aryl methyl sites for hydroxylation is 2. The van der Waals surface area contributed by atoms with Gasteiger partial charge in [-0.2, -0.15) is 5.10 Å². The summed E-state index contributed by atoms with van der Waals surface area (Å²) in [6.45, 7) is 2.43. The van der Waals surface area contributed by atoms with Crippen LogP contribution < -0.4 is 5.32 Å². The Morgan fingerprint density at radius 1 is 1.44 bits per heavy atom. The minimum absolute atomic E-state index is 0.0664. The molecule has 0 saturated heterocycles. The van der Waals surface area contributed by atoms with Crippen LogP contribution in [0.25, 0.3) is 0 Å². The number of carbonyl (C=O) groups is 1. The second-order valence-corrected chi connectivity index (χ2v) is 5.23. The highest BCUT2D eigenvalue weighted by Gasteiger charge is 2.09. The first kappa shape index (κ1) is 13.1. The van der Waals surface area contributed by atoms with E-state index < -0.39 is 0 Å². The third kappa shape index (κ3) is 2.90. The van der Waals surface area contributed by atoms with Gasteiger partial charge in [-0.05, 0) is 47.7 Å². The number of amides is 1.